The van der Waals surface area contributed by atoms with Crippen molar-refractivity contribution in [2.24, 2.45) is 0 Å². The van der Waals surface area contributed by atoms with E-state index in [0.29, 0.717) is 30.6 Å². The van der Waals surface area contributed by atoms with Crippen LogP contribution in [0.1, 0.15) is 18.9 Å². The Morgan fingerprint density at radius 3 is 2.33 bits per heavy atom. The SMILES string of the molecule is CCS(=O)(=O)N1CCCc2cc(NS(=O)(=O)c3ccc(OC(F)(F)F)cc3)ccc21. The standard InChI is InChI=1S/C18H19F3N2O5S2/c1-2-29(24,25)23-11-3-4-13-12-14(5-10-17(13)23)22-30(26,27)16-8-6-15(7-9-16)28-18(19,20)21/h5-10,12,22H,2-4,11H2,1H3. The summed E-state index contributed by atoms with van der Waals surface area (Å²) in [5.74, 6) is -0.582. The predicted octanol–water partition coefficient (Wildman–Crippen LogP) is 3.49. The molecule has 1 heterocycles. The Kier molecular flexibility index (Phi) is 5.92. The zero-order valence-electron chi connectivity index (χ0n) is 15.8. The number of anilines is 2. The lowest BCUT2D eigenvalue weighted by Crippen LogP contribution is -2.36. The van der Waals surface area contributed by atoms with Crippen molar-refractivity contribution in [1.29, 1.82) is 0 Å². The number of halogens is 3. The van der Waals surface area contributed by atoms with E-state index < -0.39 is 32.2 Å². The maximum atomic E-state index is 12.6. The fourth-order valence-electron chi connectivity index (χ4n) is 3.11. The Morgan fingerprint density at radius 2 is 1.73 bits per heavy atom. The van der Waals surface area contributed by atoms with Crippen LogP contribution >= 0.6 is 0 Å². The van der Waals surface area contributed by atoms with Gasteiger partial charge in [-0.15, -0.1) is 13.2 Å². The van der Waals surface area contributed by atoms with E-state index in [4.69, 9.17) is 0 Å². The topological polar surface area (TPSA) is 92.8 Å². The molecule has 0 saturated heterocycles. The molecular formula is C18H19F3N2O5S2. The molecule has 164 valence electrons. The van der Waals surface area contributed by atoms with Crippen molar-refractivity contribution in [3.63, 3.8) is 0 Å². The summed E-state index contributed by atoms with van der Waals surface area (Å²) in [6, 6.07) is 8.35. The van der Waals surface area contributed by atoms with Gasteiger partial charge in [0, 0.05) is 12.2 Å². The van der Waals surface area contributed by atoms with Gasteiger partial charge in [-0.3, -0.25) is 9.03 Å². The van der Waals surface area contributed by atoms with Crippen LogP contribution in [0.3, 0.4) is 0 Å². The number of hydrogen-bond acceptors (Lipinski definition) is 5. The number of alkyl halides is 3. The lowest BCUT2D eigenvalue weighted by atomic mass is 10.0. The molecule has 0 fully saturated rings. The van der Waals surface area contributed by atoms with Gasteiger partial charge in [-0.2, -0.15) is 0 Å². The maximum absolute atomic E-state index is 12.6. The minimum absolute atomic E-state index is 0.0468. The summed E-state index contributed by atoms with van der Waals surface area (Å²) < 4.78 is 93.7. The lowest BCUT2D eigenvalue weighted by molar-refractivity contribution is -0.274. The summed E-state index contributed by atoms with van der Waals surface area (Å²) in [6.45, 7) is 1.91. The Balaban J connectivity index is 1.82. The van der Waals surface area contributed by atoms with Crippen LogP contribution in [-0.4, -0.2) is 35.5 Å². The molecule has 0 amide bonds. The Bertz CT molecular complexity index is 1130. The van der Waals surface area contributed by atoms with Gasteiger partial charge in [0.2, 0.25) is 10.0 Å². The van der Waals surface area contributed by atoms with Crippen LogP contribution in [0.5, 0.6) is 5.75 Å². The molecule has 0 aromatic heterocycles. The van der Waals surface area contributed by atoms with E-state index in [1.54, 1.807) is 19.1 Å². The van der Waals surface area contributed by atoms with Crippen molar-refractivity contribution < 1.29 is 34.7 Å². The van der Waals surface area contributed by atoms with E-state index in [1.807, 2.05) is 0 Å². The molecule has 0 saturated carbocycles. The van der Waals surface area contributed by atoms with Gasteiger partial charge in [0.05, 0.1) is 16.3 Å². The zero-order valence-corrected chi connectivity index (χ0v) is 17.4. The second kappa shape index (κ2) is 7.99. The number of rotatable bonds is 6. The van der Waals surface area contributed by atoms with E-state index in [0.717, 1.165) is 24.3 Å². The fourth-order valence-corrected chi connectivity index (χ4v) is 5.35. The van der Waals surface area contributed by atoms with Crippen molar-refractivity contribution in [3.05, 3.63) is 48.0 Å². The highest BCUT2D eigenvalue weighted by Gasteiger charge is 2.31. The Hall–Kier alpha value is -2.47. The number of hydrogen-bond donors (Lipinski definition) is 1. The highest BCUT2D eigenvalue weighted by Crippen LogP contribution is 2.32. The minimum Gasteiger partial charge on any atom is -0.406 e. The number of benzene rings is 2. The highest BCUT2D eigenvalue weighted by atomic mass is 32.2. The van der Waals surface area contributed by atoms with Crippen LogP contribution in [0.2, 0.25) is 0 Å². The molecule has 12 heteroatoms. The van der Waals surface area contributed by atoms with Crippen LogP contribution in [0, 0.1) is 0 Å². The second-order valence-electron chi connectivity index (χ2n) is 6.54. The first-order chi connectivity index (χ1) is 13.9. The molecule has 0 atom stereocenters. The molecule has 1 aliphatic heterocycles. The average molecular weight is 464 g/mol. The molecule has 3 rings (SSSR count). The number of fused-ring (bicyclic) bond motifs is 1. The predicted molar refractivity (Wildman–Crippen MR) is 106 cm³/mol. The molecule has 0 radical (unpaired) electrons. The average Bonchev–Trinajstić information content (AvgIpc) is 2.66. The molecule has 0 bridgehead atoms. The molecular weight excluding hydrogens is 445 g/mol. The zero-order chi connectivity index (χ0) is 22.2. The van der Waals surface area contributed by atoms with E-state index in [1.165, 1.54) is 10.4 Å². The number of aryl methyl sites for hydroxylation is 1. The van der Waals surface area contributed by atoms with Gasteiger partial charge in [0.25, 0.3) is 10.0 Å². The van der Waals surface area contributed by atoms with Gasteiger partial charge in [0.1, 0.15) is 5.75 Å². The highest BCUT2D eigenvalue weighted by molar-refractivity contribution is 7.93. The second-order valence-corrected chi connectivity index (χ2v) is 10.4. The summed E-state index contributed by atoms with van der Waals surface area (Å²) in [7, 11) is -7.51. The molecule has 30 heavy (non-hydrogen) atoms. The van der Waals surface area contributed by atoms with Crippen LogP contribution < -0.4 is 13.8 Å². The van der Waals surface area contributed by atoms with Gasteiger partial charge < -0.3 is 4.74 Å². The van der Waals surface area contributed by atoms with Crippen LogP contribution in [0.4, 0.5) is 24.5 Å². The summed E-state index contributed by atoms with van der Waals surface area (Å²) in [5, 5.41) is 0. The van der Waals surface area contributed by atoms with Crippen molar-refractivity contribution >= 4 is 31.4 Å². The Labute approximate surface area is 172 Å². The van der Waals surface area contributed by atoms with Crippen LogP contribution in [0.15, 0.2) is 47.4 Å². The third kappa shape index (κ3) is 4.98. The van der Waals surface area contributed by atoms with Gasteiger partial charge in [0.15, 0.2) is 0 Å². The van der Waals surface area contributed by atoms with E-state index >= 15 is 0 Å². The van der Waals surface area contributed by atoms with Crippen LogP contribution in [-0.2, 0) is 26.5 Å². The summed E-state index contributed by atoms with van der Waals surface area (Å²) in [4.78, 5) is -0.245. The third-order valence-electron chi connectivity index (χ3n) is 4.48. The number of ether oxygens (including phenoxy) is 1. The smallest absolute Gasteiger partial charge is 0.406 e. The van der Waals surface area contributed by atoms with E-state index in [-0.39, 0.29) is 16.3 Å². The first-order valence-corrected chi connectivity index (χ1v) is 12.0. The molecule has 0 aliphatic carbocycles. The third-order valence-corrected chi connectivity index (χ3v) is 7.65. The fraction of sp³-hybridized carbons (Fsp3) is 0.333. The van der Waals surface area contributed by atoms with Crippen LogP contribution in [0.25, 0.3) is 0 Å². The molecule has 1 N–H and O–H groups in total. The quantitative estimate of drug-likeness (QED) is 0.707. The normalized spacial score (nSPS) is 14.9. The number of nitrogens with one attached hydrogen (secondary N) is 1. The largest absolute Gasteiger partial charge is 0.573 e. The first kappa shape index (κ1) is 22.2. The number of sulfonamides is 2. The number of nitrogens with zero attached hydrogens (tertiary/aromatic N) is 1. The molecule has 1 aliphatic rings. The minimum atomic E-state index is -4.87. The molecule has 7 nitrogen and oxygen atoms in total. The van der Waals surface area contributed by atoms with Gasteiger partial charge in [-0.05, 0) is 67.8 Å². The van der Waals surface area contributed by atoms with Gasteiger partial charge in [-0.1, -0.05) is 0 Å². The monoisotopic (exact) mass is 464 g/mol. The maximum Gasteiger partial charge on any atom is 0.573 e. The lowest BCUT2D eigenvalue weighted by Gasteiger charge is -2.30. The van der Waals surface area contributed by atoms with Crippen molar-refractivity contribution in [2.45, 2.75) is 31.0 Å². The molecule has 2 aromatic carbocycles. The summed E-state index contributed by atoms with van der Waals surface area (Å²) in [5.41, 5.74) is 1.42. The summed E-state index contributed by atoms with van der Waals surface area (Å²) in [6.07, 6.45) is -3.69. The van der Waals surface area contributed by atoms with Gasteiger partial charge in [-0.25, -0.2) is 16.8 Å². The molecule has 2 aromatic rings. The molecule has 0 unspecified atom stereocenters. The van der Waals surface area contributed by atoms with Crippen molar-refractivity contribution in [2.75, 3.05) is 21.3 Å². The van der Waals surface area contributed by atoms with Crippen molar-refractivity contribution in [1.82, 2.24) is 0 Å². The molecule has 0 spiro atoms. The van der Waals surface area contributed by atoms with Crippen molar-refractivity contribution in [3.8, 4) is 5.75 Å². The van der Waals surface area contributed by atoms with E-state index in [9.17, 15) is 30.0 Å². The van der Waals surface area contributed by atoms with E-state index in [2.05, 4.69) is 9.46 Å². The Morgan fingerprint density at radius 1 is 1.07 bits per heavy atom. The summed E-state index contributed by atoms with van der Waals surface area (Å²) >= 11 is 0. The first-order valence-electron chi connectivity index (χ1n) is 8.93. The van der Waals surface area contributed by atoms with Gasteiger partial charge >= 0.3 is 6.36 Å².